The molecule has 0 aliphatic heterocycles. The van der Waals surface area contributed by atoms with E-state index >= 15 is 0 Å². The van der Waals surface area contributed by atoms with Crippen LogP contribution in [-0.4, -0.2) is 77.2 Å². The predicted octanol–water partition coefficient (Wildman–Crippen LogP) is -2.75. The number of carboxylic acid groups (broad SMARTS) is 1. The number of carbonyl (C=O) groups is 4. The number of rotatable bonds is 11. The van der Waals surface area contributed by atoms with Gasteiger partial charge < -0.3 is 31.9 Å². The molecule has 0 aliphatic rings. The number of hydrogen-bond acceptors (Lipinski definition) is 7. The van der Waals surface area contributed by atoms with Gasteiger partial charge in [-0.1, -0.05) is 0 Å². The maximum Gasteiger partial charge on any atom is 0.325 e. The van der Waals surface area contributed by atoms with Crippen LogP contribution in [0, 0.1) is 0 Å². The van der Waals surface area contributed by atoms with Crippen LogP contribution in [0.15, 0.2) is 0 Å². The molecule has 0 bridgehead atoms. The van der Waals surface area contributed by atoms with E-state index in [4.69, 9.17) is 15.9 Å². The lowest BCUT2D eigenvalue weighted by molar-refractivity contribution is -0.141. The van der Waals surface area contributed by atoms with Gasteiger partial charge in [0.05, 0.1) is 13.2 Å². The normalized spacial score (nSPS) is 14.2. The van der Waals surface area contributed by atoms with Crippen LogP contribution in [0.3, 0.4) is 0 Å². The Hall–Kier alpha value is -1.85. The van der Waals surface area contributed by atoms with Crippen molar-refractivity contribution in [3.63, 3.8) is 0 Å². The maximum atomic E-state index is 12.1. The van der Waals surface area contributed by atoms with Crippen molar-refractivity contribution in [1.82, 2.24) is 16.0 Å². The molecule has 3 amide bonds. The highest BCUT2D eigenvalue weighted by Gasteiger charge is 2.24. The van der Waals surface area contributed by atoms with E-state index < -0.39 is 55.0 Å². The second-order valence-corrected chi connectivity index (χ2v) is 5.96. The van der Waals surface area contributed by atoms with Crippen LogP contribution in [-0.2, 0) is 19.2 Å². The maximum absolute atomic E-state index is 12.1. The summed E-state index contributed by atoms with van der Waals surface area (Å²) in [6.07, 6.45) is 2.13. The molecule has 7 N–H and O–H groups in total. The Morgan fingerprint density at radius 1 is 1.17 bits per heavy atom. The molecule has 10 nitrogen and oxygen atoms in total. The van der Waals surface area contributed by atoms with E-state index in [0.717, 1.165) is 0 Å². The van der Waals surface area contributed by atoms with Crippen LogP contribution in [0.5, 0.6) is 0 Å². The molecule has 0 aromatic rings. The summed E-state index contributed by atoms with van der Waals surface area (Å²) in [5, 5.41) is 24.5. The zero-order chi connectivity index (χ0) is 18.7. The summed E-state index contributed by atoms with van der Waals surface area (Å²) in [6, 6.07) is -3.14. The highest BCUT2D eigenvalue weighted by atomic mass is 32.2. The lowest BCUT2D eigenvalue weighted by Crippen LogP contribution is -2.53. The molecule has 0 radical (unpaired) electrons. The van der Waals surface area contributed by atoms with Crippen LogP contribution in [0.1, 0.15) is 13.3 Å². The number of nitrogens with two attached hydrogens (primary N) is 1. The summed E-state index contributed by atoms with van der Waals surface area (Å²) in [6.45, 7) is 0.341. The van der Waals surface area contributed by atoms with Crippen molar-refractivity contribution >= 4 is 35.5 Å². The number of aliphatic hydroxyl groups excluding tert-OH is 1. The molecule has 3 atom stereocenters. The molecule has 3 unspecified atom stereocenters. The third-order valence-electron chi connectivity index (χ3n) is 2.95. The monoisotopic (exact) mass is 364 g/mol. The number of carboxylic acids is 1. The van der Waals surface area contributed by atoms with Gasteiger partial charge in [0.15, 0.2) is 0 Å². The molecule has 0 aliphatic carbocycles. The Kier molecular flexibility index (Phi) is 10.8. The molecule has 24 heavy (non-hydrogen) atoms. The van der Waals surface area contributed by atoms with Crippen LogP contribution >= 0.6 is 11.8 Å². The van der Waals surface area contributed by atoms with Crippen molar-refractivity contribution in [1.29, 1.82) is 0 Å². The molecular formula is C13H24N4O6S. The third kappa shape index (κ3) is 8.70. The number of aliphatic carboxylic acids is 1. The molecule has 138 valence electrons. The second-order valence-electron chi connectivity index (χ2n) is 4.98. The van der Waals surface area contributed by atoms with E-state index in [1.807, 2.05) is 6.26 Å². The van der Waals surface area contributed by atoms with Crippen LogP contribution in [0.2, 0.25) is 0 Å². The van der Waals surface area contributed by atoms with Crippen molar-refractivity contribution in [3.8, 4) is 0 Å². The Morgan fingerprint density at radius 2 is 1.79 bits per heavy atom. The fourth-order valence-corrected chi connectivity index (χ4v) is 1.98. The Labute approximate surface area is 143 Å². The number of nitrogens with one attached hydrogen (secondary N) is 3. The summed E-state index contributed by atoms with van der Waals surface area (Å²) in [5.74, 6) is -2.56. The van der Waals surface area contributed by atoms with Gasteiger partial charge in [0.2, 0.25) is 17.7 Å². The third-order valence-corrected chi connectivity index (χ3v) is 3.59. The van der Waals surface area contributed by atoms with Crippen LogP contribution in [0.25, 0.3) is 0 Å². The van der Waals surface area contributed by atoms with E-state index in [9.17, 15) is 19.2 Å². The number of aliphatic hydroxyl groups is 1. The lowest BCUT2D eigenvalue weighted by atomic mass is 10.2. The van der Waals surface area contributed by atoms with Gasteiger partial charge in [-0.3, -0.25) is 19.2 Å². The molecule has 0 aromatic heterocycles. The fraction of sp³-hybridized carbons (Fsp3) is 0.692. The smallest absolute Gasteiger partial charge is 0.325 e. The Morgan fingerprint density at radius 3 is 2.29 bits per heavy atom. The van der Waals surface area contributed by atoms with Gasteiger partial charge in [-0.25, -0.2) is 0 Å². The standard InChI is InChI=1S/C13H24N4O6S/c1-7(13(22)23)16-12(21)9(3-4-24-2)17-10(19)5-15-11(20)8(14)6-18/h7-9,18H,3-6,14H2,1-2H3,(H,15,20)(H,16,21)(H,17,19)(H,22,23). The first-order valence-electron chi connectivity index (χ1n) is 7.18. The van der Waals surface area contributed by atoms with E-state index in [0.29, 0.717) is 12.2 Å². The number of hydrogen-bond donors (Lipinski definition) is 6. The first-order valence-corrected chi connectivity index (χ1v) is 8.57. The summed E-state index contributed by atoms with van der Waals surface area (Å²) >= 11 is 1.46. The van der Waals surface area contributed by atoms with E-state index in [1.165, 1.54) is 18.7 Å². The molecule has 0 aromatic carbocycles. The van der Waals surface area contributed by atoms with Gasteiger partial charge in [-0.15, -0.1) is 0 Å². The topological polar surface area (TPSA) is 171 Å². The molecule has 0 fully saturated rings. The highest BCUT2D eigenvalue weighted by Crippen LogP contribution is 2.02. The SMILES string of the molecule is CSCCC(NC(=O)CNC(=O)C(N)CO)C(=O)NC(C)C(=O)O. The van der Waals surface area contributed by atoms with Crippen molar-refractivity contribution in [3.05, 3.63) is 0 Å². The molecule has 0 heterocycles. The first kappa shape index (κ1) is 22.1. The van der Waals surface area contributed by atoms with E-state index in [2.05, 4.69) is 16.0 Å². The van der Waals surface area contributed by atoms with Gasteiger partial charge in [-0.2, -0.15) is 11.8 Å². The summed E-state index contributed by atoms with van der Waals surface area (Å²) in [4.78, 5) is 46.0. The Balaban J connectivity index is 4.59. The van der Waals surface area contributed by atoms with Gasteiger partial charge >= 0.3 is 5.97 Å². The van der Waals surface area contributed by atoms with Gasteiger partial charge in [0.1, 0.15) is 18.1 Å². The van der Waals surface area contributed by atoms with Crippen molar-refractivity contribution in [2.45, 2.75) is 31.5 Å². The number of thioether (sulfide) groups is 1. The van der Waals surface area contributed by atoms with Gasteiger partial charge in [0, 0.05) is 0 Å². The average Bonchev–Trinajstić information content (AvgIpc) is 2.55. The average molecular weight is 364 g/mol. The molecular weight excluding hydrogens is 340 g/mol. The zero-order valence-electron chi connectivity index (χ0n) is 13.6. The fourth-order valence-electron chi connectivity index (χ4n) is 1.51. The predicted molar refractivity (Wildman–Crippen MR) is 88.2 cm³/mol. The highest BCUT2D eigenvalue weighted by molar-refractivity contribution is 7.98. The summed E-state index contributed by atoms with van der Waals surface area (Å²) in [7, 11) is 0. The van der Waals surface area contributed by atoms with Crippen molar-refractivity contribution in [2.75, 3.05) is 25.2 Å². The molecule has 0 saturated carbocycles. The van der Waals surface area contributed by atoms with Gasteiger partial charge in [0.25, 0.3) is 0 Å². The lowest BCUT2D eigenvalue weighted by Gasteiger charge is -2.20. The minimum Gasteiger partial charge on any atom is -0.480 e. The van der Waals surface area contributed by atoms with Crippen LogP contribution in [0.4, 0.5) is 0 Å². The van der Waals surface area contributed by atoms with Gasteiger partial charge in [-0.05, 0) is 25.4 Å². The molecule has 0 rings (SSSR count). The van der Waals surface area contributed by atoms with Crippen molar-refractivity contribution < 1.29 is 29.4 Å². The number of carbonyl (C=O) groups excluding carboxylic acids is 3. The van der Waals surface area contributed by atoms with Crippen molar-refractivity contribution in [2.24, 2.45) is 5.73 Å². The largest absolute Gasteiger partial charge is 0.480 e. The summed E-state index contributed by atoms with van der Waals surface area (Å²) < 4.78 is 0. The second kappa shape index (κ2) is 11.6. The zero-order valence-corrected chi connectivity index (χ0v) is 14.4. The first-order chi connectivity index (χ1) is 11.2. The minimum absolute atomic E-state index is 0.301. The van der Waals surface area contributed by atoms with Crippen LogP contribution < -0.4 is 21.7 Å². The molecule has 0 spiro atoms. The quantitative estimate of drug-likeness (QED) is 0.229. The Bertz CT molecular complexity index is 462. The van der Waals surface area contributed by atoms with E-state index in [1.54, 1.807) is 0 Å². The minimum atomic E-state index is -1.19. The number of amides is 3. The summed E-state index contributed by atoms with van der Waals surface area (Å²) in [5.41, 5.74) is 5.28. The van der Waals surface area contributed by atoms with E-state index in [-0.39, 0.29) is 0 Å². The molecule has 0 saturated heterocycles. The molecule has 11 heteroatoms.